The topological polar surface area (TPSA) is 50.8 Å². The van der Waals surface area contributed by atoms with Crippen LogP contribution in [-0.2, 0) is 4.74 Å². The van der Waals surface area contributed by atoms with Gasteiger partial charge in [0.25, 0.3) is 0 Å². The van der Waals surface area contributed by atoms with Gasteiger partial charge in [-0.05, 0) is 75.9 Å². The summed E-state index contributed by atoms with van der Waals surface area (Å²) in [5.74, 6) is 0.822. The van der Waals surface area contributed by atoms with E-state index >= 15 is 0 Å². The molecule has 0 bridgehead atoms. The first-order valence-corrected chi connectivity index (χ1v) is 10.2. The van der Waals surface area contributed by atoms with Gasteiger partial charge in [-0.1, -0.05) is 19.8 Å². The van der Waals surface area contributed by atoms with E-state index in [0.29, 0.717) is 12.6 Å². The Hall–Kier alpha value is -1.75. The van der Waals surface area contributed by atoms with Crippen LogP contribution < -0.4 is 10.1 Å². The van der Waals surface area contributed by atoms with Crippen molar-refractivity contribution in [1.29, 1.82) is 0 Å². The van der Waals surface area contributed by atoms with Crippen molar-refractivity contribution < 1.29 is 14.3 Å². The summed E-state index contributed by atoms with van der Waals surface area (Å²) < 4.78 is 11.4. The number of nitrogens with one attached hydrogen (secondary N) is 1. The molecule has 1 aliphatic carbocycles. The van der Waals surface area contributed by atoms with Crippen LogP contribution >= 0.6 is 0 Å². The molecule has 1 amide bonds. The van der Waals surface area contributed by atoms with Crippen molar-refractivity contribution in [3.05, 3.63) is 24.3 Å². The molecule has 1 aromatic rings. The van der Waals surface area contributed by atoms with Gasteiger partial charge >= 0.3 is 6.09 Å². The van der Waals surface area contributed by atoms with Gasteiger partial charge in [0, 0.05) is 11.7 Å². The number of carbonyl (C=O) groups is 1. The maximum atomic E-state index is 12.4. The second-order valence-electron chi connectivity index (χ2n) is 7.39. The molecule has 2 atom stereocenters. The van der Waals surface area contributed by atoms with Gasteiger partial charge in [0.1, 0.15) is 11.9 Å². The van der Waals surface area contributed by atoms with E-state index in [1.54, 1.807) is 0 Å². The Balaban J connectivity index is 1.52. The predicted octanol–water partition coefficient (Wildman–Crippen LogP) is 4.82. The highest BCUT2D eigenvalue weighted by Crippen LogP contribution is 2.28. The van der Waals surface area contributed by atoms with Gasteiger partial charge in [-0.15, -0.1) is 0 Å². The number of benzene rings is 1. The van der Waals surface area contributed by atoms with Crippen molar-refractivity contribution in [2.75, 3.05) is 25.0 Å². The molecule has 1 saturated carbocycles. The molecule has 3 rings (SSSR count). The van der Waals surface area contributed by atoms with Crippen LogP contribution in [0.2, 0.25) is 0 Å². The maximum Gasteiger partial charge on any atom is 0.411 e. The number of amides is 1. The molecule has 2 fully saturated rings. The molecular weight excluding hydrogens is 328 g/mol. The van der Waals surface area contributed by atoms with Crippen molar-refractivity contribution in [3.63, 3.8) is 0 Å². The summed E-state index contributed by atoms with van der Waals surface area (Å²) in [6.07, 6.45) is 8.99. The van der Waals surface area contributed by atoms with Crippen molar-refractivity contribution in [1.82, 2.24) is 4.90 Å². The molecular formula is C21H32N2O3. The minimum atomic E-state index is -0.346. The Morgan fingerprint density at radius 3 is 2.54 bits per heavy atom. The van der Waals surface area contributed by atoms with Gasteiger partial charge in [-0.25, -0.2) is 4.79 Å². The molecule has 0 aromatic heterocycles. The summed E-state index contributed by atoms with van der Waals surface area (Å²) in [5.41, 5.74) is 0.740. The highest BCUT2D eigenvalue weighted by Gasteiger charge is 2.33. The minimum Gasteiger partial charge on any atom is -0.494 e. The zero-order valence-electron chi connectivity index (χ0n) is 15.9. The Labute approximate surface area is 157 Å². The summed E-state index contributed by atoms with van der Waals surface area (Å²) in [5, 5.41) is 2.86. The molecule has 0 radical (unpaired) electrons. The fourth-order valence-electron chi connectivity index (χ4n) is 4.02. The number of anilines is 1. The highest BCUT2D eigenvalue weighted by molar-refractivity contribution is 5.84. The second-order valence-corrected chi connectivity index (χ2v) is 7.39. The van der Waals surface area contributed by atoms with Gasteiger partial charge < -0.3 is 9.47 Å². The number of ether oxygens (including phenoxy) is 2. The lowest BCUT2D eigenvalue weighted by Gasteiger charge is -2.41. The van der Waals surface area contributed by atoms with Gasteiger partial charge in [0.15, 0.2) is 0 Å². The van der Waals surface area contributed by atoms with Crippen molar-refractivity contribution in [2.24, 2.45) is 0 Å². The summed E-state index contributed by atoms with van der Waals surface area (Å²) in [6, 6.07) is 7.86. The third-order valence-electron chi connectivity index (χ3n) is 5.36. The van der Waals surface area contributed by atoms with E-state index in [9.17, 15) is 4.79 Å². The molecule has 5 nitrogen and oxygen atoms in total. The number of carbonyl (C=O) groups excluding carboxylic acids is 1. The molecule has 0 spiro atoms. The molecule has 2 aliphatic rings. The van der Waals surface area contributed by atoms with Crippen LogP contribution in [0, 0.1) is 0 Å². The zero-order chi connectivity index (χ0) is 18.2. The lowest BCUT2D eigenvalue weighted by Crippen LogP contribution is -2.49. The Kier molecular flexibility index (Phi) is 7.18. The van der Waals surface area contributed by atoms with Gasteiger partial charge in [0.2, 0.25) is 0 Å². The smallest absolute Gasteiger partial charge is 0.411 e. The van der Waals surface area contributed by atoms with Crippen LogP contribution in [0.1, 0.15) is 58.3 Å². The number of nitrogens with zero attached hydrogens (tertiary/aromatic N) is 1. The summed E-state index contributed by atoms with van der Waals surface area (Å²) in [7, 11) is 0. The Bertz CT molecular complexity index is 555. The zero-order valence-corrected chi connectivity index (χ0v) is 15.9. The molecule has 144 valence electrons. The number of rotatable bonds is 6. The summed E-state index contributed by atoms with van der Waals surface area (Å²) >= 11 is 0. The van der Waals surface area contributed by atoms with E-state index in [0.717, 1.165) is 50.2 Å². The van der Waals surface area contributed by atoms with Gasteiger partial charge in [-0.3, -0.25) is 10.2 Å². The molecule has 1 aliphatic heterocycles. The number of hydrogen-bond donors (Lipinski definition) is 1. The van der Waals surface area contributed by atoms with Crippen LogP contribution in [0.25, 0.3) is 0 Å². The highest BCUT2D eigenvalue weighted by atomic mass is 16.6. The SMILES string of the molecule is CCCOc1ccc(NC(=O)O[C@H]2CCCC[C@@H]2N2CCCCC2)cc1. The quantitative estimate of drug-likeness (QED) is 0.790. The van der Waals surface area contributed by atoms with Crippen LogP contribution in [0.5, 0.6) is 5.75 Å². The molecule has 1 N–H and O–H groups in total. The maximum absolute atomic E-state index is 12.4. The van der Waals surface area contributed by atoms with E-state index in [1.807, 2.05) is 24.3 Å². The number of likely N-dealkylation sites (tertiary alicyclic amines) is 1. The van der Waals surface area contributed by atoms with Crippen LogP contribution in [0.4, 0.5) is 10.5 Å². The third kappa shape index (κ3) is 5.37. The largest absolute Gasteiger partial charge is 0.494 e. The van der Waals surface area contributed by atoms with E-state index < -0.39 is 0 Å². The van der Waals surface area contributed by atoms with Crippen molar-refractivity contribution >= 4 is 11.8 Å². The first-order chi connectivity index (χ1) is 12.8. The van der Waals surface area contributed by atoms with E-state index in [2.05, 4.69) is 17.1 Å². The summed E-state index contributed by atoms with van der Waals surface area (Å²) in [6.45, 7) is 5.07. The molecule has 1 saturated heterocycles. The lowest BCUT2D eigenvalue weighted by atomic mass is 9.90. The van der Waals surface area contributed by atoms with Crippen molar-refractivity contribution in [2.45, 2.75) is 70.4 Å². The second kappa shape index (κ2) is 9.81. The first-order valence-electron chi connectivity index (χ1n) is 10.2. The Morgan fingerprint density at radius 2 is 1.81 bits per heavy atom. The molecule has 1 aromatic carbocycles. The van der Waals surface area contributed by atoms with Crippen molar-refractivity contribution in [3.8, 4) is 5.75 Å². The standard InChI is InChI=1S/C21H32N2O3/c1-2-16-25-18-12-10-17(11-13-18)22-21(24)26-20-9-5-4-8-19(20)23-14-6-3-7-15-23/h10-13,19-20H,2-9,14-16H2,1H3,(H,22,24)/t19-,20-/m0/s1. The van der Waals surface area contributed by atoms with Crippen LogP contribution in [0.15, 0.2) is 24.3 Å². The average molecular weight is 360 g/mol. The first kappa shape index (κ1) is 19.0. The molecule has 1 heterocycles. The average Bonchev–Trinajstić information content (AvgIpc) is 2.68. The fraction of sp³-hybridized carbons (Fsp3) is 0.667. The van der Waals surface area contributed by atoms with E-state index in [4.69, 9.17) is 9.47 Å². The van der Waals surface area contributed by atoms with Gasteiger partial charge in [0.05, 0.1) is 6.61 Å². The Morgan fingerprint density at radius 1 is 1.08 bits per heavy atom. The van der Waals surface area contributed by atoms with Crippen LogP contribution in [0.3, 0.4) is 0 Å². The van der Waals surface area contributed by atoms with E-state index in [-0.39, 0.29) is 12.2 Å². The lowest BCUT2D eigenvalue weighted by molar-refractivity contribution is 0.00174. The normalized spacial score (nSPS) is 24.0. The van der Waals surface area contributed by atoms with Gasteiger partial charge in [-0.2, -0.15) is 0 Å². The molecule has 26 heavy (non-hydrogen) atoms. The molecule has 5 heteroatoms. The van der Waals surface area contributed by atoms with Crippen LogP contribution in [-0.4, -0.2) is 42.8 Å². The number of piperidine rings is 1. The van der Waals surface area contributed by atoms with E-state index in [1.165, 1.54) is 25.7 Å². The molecule has 0 unspecified atom stereocenters. The predicted molar refractivity (Wildman–Crippen MR) is 104 cm³/mol. The fourth-order valence-corrected chi connectivity index (χ4v) is 4.02. The third-order valence-corrected chi connectivity index (χ3v) is 5.36. The monoisotopic (exact) mass is 360 g/mol. The summed E-state index contributed by atoms with van der Waals surface area (Å²) in [4.78, 5) is 14.9. The minimum absolute atomic E-state index is 0.00834. The number of hydrogen-bond acceptors (Lipinski definition) is 4.